The Morgan fingerprint density at radius 2 is 2.32 bits per heavy atom. The van der Waals surface area contributed by atoms with Crippen LogP contribution in [0.25, 0.3) is 0 Å². The molecule has 0 radical (unpaired) electrons. The van der Waals surface area contributed by atoms with E-state index in [2.05, 4.69) is 10.6 Å². The second kappa shape index (κ2) is 6.36. The number of urea groups is 1. The number of amides is 2. The van der Waals surface area contributed by atoms with Gasteiger partial charge >= 0.3 is 6.03 Å². The first-order valence-electron chi connectivity index (χ1n) is 6.46. The number of ether oxygens (including phenoxy) is 1. The van der Waals surface area contributed by atoms with Crippen molar-refractivity contribution >= 4 is 17.4 Å². The van der Waals surface area contributed by atoms with Gasteiger partial charge in [0.2, 0.25) is 0 Å². The molecule has 1 atom stereocenters. The first-order valence-corrected chi connectivity index (χ1v) is 7.34. The number of thiophene rings is 1. The molecular formula is C13H20N2O3S. The van der Waals surface area contributed by atoms with Crippen LogP contribution in [-0.2, 0) is 10.3 Å². The van der Waals surface area contributed by atoms with Crippen molar-refractivity contribution in [2.45, 2.75) is 31.4 Å². The van der Waals surface area contributed by atoms with Crippen LogP contribution < -0.4 is 10.6 Å². The topological polar surface area (TPSA) is 70.6 Å². The molecule has 2 amide bonds. The van der Waals surface area contributed by atoms with Crippen LogP contribution in [0.1, 0.15) is 24.6 Å². The molecule has 0 aromatic carbocycles. The Hall–Kier alpha value is -1.11. The van der Waals surface area contributed by atoms with Crippen molar-refractivity contribution < 1.29 is 14.6 Å². The standard InChI is InChI=1S/C13H20N2O3S/c1-13(17,11-3-2-8-19-11)9-14-12(16)15-10-4-6-18-7-5-10/h2-3,8,10,17H,4-7,9H2,1H3,(H2,14,15,16)/t13-/m0/s1. The molecule has 6 heteroatoms. The molecule has 106 valence electrons. The summed E-state index contributed by atoms with van der Waals surface area (Å²) in [7, 11) is 0. The van der Waals surface area contributed by atoms with E-state index in [1.807, 2.05) is 17.5 Å². The molecule has 1 saturated heterocycles. The number of aliphatic hydroxyl groups is 1. The fourth-order valence-electron chi connectivity index (χ4n) is 2.00. The molecule has 19 heavy (non-hydrogen) atoms. The van der Waals surface area contributed by atoms with Crippen molar-refractivity contribution in [3.8, 4) is 0 Å². The monoisotopic (exact) mass is 284 g/mol. The summed E-state index contributed by atoms with van der Waals surface area (Å²) in [5.74, 6) is 0. The lowest BCUT2D eigenvalue weighted by Gasteiger charge is -2.25. The lowest BCUT2D eigenvalue weighted by Crippen LogP contribution is -2.48. The molecule has 0 aliphatic carbocycles. The quantitative estimate of drug-likeness (QED) is 0.783. The fraction of sp³-hybridized carbons (Fsp3) is 0.615. The Kier molecular flexibility index (Phi) is 4.79. The highest BCUT2D eigenvalue weighted by atomic mass is 32.1. The van der Waals surface area contributed by atoms with Gasteiger partial charge in [0.1, 0.15) is 5.60 Å². The van der Waals surface area contributed by atoms with E-state index in [0.29, 0.717) is 13.2 Å². The molecule has 0 saturated carbocycles. The van der Waals surface area contributed by atoms with Crippen molar-refractivity contribution in [1.82, 2.24) is 10.6 Å². The fourth-order valence-corrected chi connectivity index (χ4v) is 2.79. The third-order valence-electron chi connectivity index (χ3n) is 3.20. The van der Waals surface area contributed by atoms with Gasteiger partial charge in [-0.2, -0.15) is 0 Å². The van der Waals surface area contributed by atoms with Crippen LogP contribution in [0.5, 0.6) is 0 Å². The molecule has 1 aromatic rings. The van der Waals surface area contributed by atoms with Crippen LogP contribution in [0.3, 0.4) is 0 Å². The van der Waals surface area contributed by atoms with Crippen molar-refractivity contribution in [3.63, 3.8) is 0 Å². The summed E-state index contributed by atoms with van der Waals surface area (Å²) in [5, 5.41) is 17.8. The van der Waals surface area contributed by atoms with Gasteiger partial charge in [-0.3, -0.25) is 0 Å². The van der Waals surface area contributed by atoms with E-state index in [1.54, 1.807) is 6.92 Å². The van der Waals surface area contributed by atoms with Crippen molar-refractivity contribution in [2.75, 3.05) is 19.8 Å². The van der Waals surface area contributed by atoms with Gasteiger partial charge in [0, 0.05) is 24.1 Å². The summed E-state index contributed by atoms with van der Waals surface area (Å²) in [5.41, 5.74) is -1.03. The summed E-state index contributed by atoms with van der Waals surface area (Å²) in [6.45, 7) is 3.28. The van der Waals surface area contributed by atoms with Crippen LogP contribution in [0.2, 0.25) is 0 Å². The van der Waals surface area contributed by atoms with Gasteiger partial charge in [-0.15, -0.1) is 11.3 Å². The molecular weight excluding hydrogens is 264 g/mol. The van der Waals surface area contributed by atoms with E-state index in [1.165, 1.54) is 11.3 Å². The van der Waals surface area contributed by atoms with Gasteiger partial charge in [0.05, 0.1) is 6.54 Å². The highest BCUT2D eigenvalue weighted by Crippen LogP contribution is 2.24. The minimum atomic E-state index is -1.03. The molecule has 0 bridgehead atoms. The number of hydrogen-bond acceptors (Lipinski definition) is 4. The Morgan fingerprint density at radius 3 is 2.95 bits per heavy atom. The molecule has 1 fully saturated rings. The van der Waals surface area contributed by atoms with Gasteiger partial charge in [-0.1, -0.05) is 6.07 Å². The zero-order chi connectivity index (χ0) is 13.7. The summed E-state index contributed by atoms with van der Waals surface area (Å²) >= 11 is 1.48. The second-order valence-electron chi connectivity index (χ2n) is 4.96. The Morgan fingerprint density at radius 1 is 1.58 bits per heavy atom. The second-order valence-corrected chi connectivity index (χ2v) is 5.91. The van der Waals surface area contributed by atoms with E-state index < -0.39 is 5.60 Å². The molecule has 5 nitrogen and oxygen atoms in total. The average Bonchev–Trinajstić information content (AvgIpc) is 2.92. The summed E-state index contributed by atoms with van der Waals surface area (Å²) in [6.07, 6.45) is 1.68. The zero-order valence-electron chi connectivity index (χ0n) is 11.0. The van der Waals surface area contributed by atoms with E-state index in [0.717, 1.165) is 17.7 Å². The van der Waals surface area contributed by atoms with E-state index in [4.69, 9.17) is 4.74 Å². The molecule has 0 unspecified atom stereocenters. The molecule has 3 N–H and O–H groups in total. The van der Waals surface area contributed by atoms with Gasteiger partial charge in [0.25, 0.3) is 0 Å². The number of nitrogens with one attached hydrogen (secondary N) is 2. The summed E-state index contributed by atoms with van der Waals surface area (Å²) < 4.78 is 5.23. The molecule has 1 aliphatic rings. The maximum absolute atomic E-state index is 11.8. The minimum absolute atomic E-state index is 0.167. The van der Waals surface area contributed by atoms with E-state index in [-0.39, 0.29) is 18.6 Å². The summed E-state index contributed by atoms with van der Waals surface area (Å²) in [6, 6.07) is 3.68. The number of rotatable bonds is 4. The Bertz CT molecular complexity index is 400. The number of hydrogen-bond donors (Lipinski definition) is 3. The molecule has 2 heterocycles. The minimum Gasteiger partial charge on any atom is -0.383 e. The van der Waals surface area contributed by atoms with Gasteiger partial charge in [-0.25, -0.2) is 4.79 Å². The highest BCUT2D eigenvalue weighted by molar-refractivity contribution is 7.10. The molecule has 1 aromatic heterocycles. The first kappa shape index (κ1) is 14.3. The van der Waals surface area contributed by atoms with Crippen LogP contribution in [0.15, 0.2) is 17.5 Å². The lowest BCUT2D eigenvalue weighted by molar-refractivity contribution is 0.0613. The maximum Gasteiger partial charge on any atom is 0.315 e. The van der Waals surface area contributed by atoms with E-state index in [9.17, 15) is 9.90 Å². The van der Waals surface area contributed by atoms with E-state index >= 15 is 0 Å². The predicted molar refractivity (Wildman–Crippen MR) is 74.3 cm³/mol. The predicted octanol–water partition coefficient (Wildman–Crippen LogP) is 1.43. The average molecular weight is 284 g/mol. The number of carbonyl (C=O) groups excluding carboxylic acids is 1. The molecule has 0 spiro atoms. The van der Waals surface area contributed by atoms with Crippen LogP contribution >= 0.6 is 11.3 Å². The normalized spacial score (nSPS) is 19.7. The SMILES string of the molecule is C[C@](O)(CNC(=O)NC1CCOCC1)c1cccs1. The summed E-state index contributed by atoms with van der Waals surface area (Å²) in [4.78, 5) is 12.6. The van der Waals surface area contributed by atoms with Gasteiger partial charge in [-0.05, 0) is 31.2 Å². The third kappa shape index (κ3) is 4.19. The molecule has 2 rings (SSSR count). The third-order valence-corrected chi connectivity index (χ3v) is 4.32. The van der Waals surface area contributed by atoms with Gasteiger partial charge in [0.15, 0.2) is 0 Å². The van der Waals surface area contributed by atoms with Crippen molar-refractivity contribution in [3.05, 3.63) is 22.4 Å². The maximum atomic E-state index is 11.8. The van der Waals surface area contributed by atoms with Crippen LogP contribution in [0.4, 0.5) is 4.79 Å². The molecule has 1 aliphatic heterocycles. The van der Waals surface area contributed by atoms with Crippen LogP contribution in [-0.4, -0.2) is 36.9 Å². The van der Waals surface area contributed by atoms with Crippen LogP contribution in [0, 0.1) is 0 Å². The lowest BCUT2D eigenvalue weighted by atomic mass is 10.1. The van der Waals surface area contributed by atoms with Crippen molar-refractivity contribution in [1.29, 1.82) is 0 Å². The smallest absolute Gasteiger partial charge is 0.315 e. The Labute approximate surface area is 117 Å². The largest absolute Gasteiger partial charge is 0.383 e. The first-order chi connectivity index (χ1) is 9.08. The van der Waals surface area contributed by atoms with Gasteiger partial charge < -0.3 is 20.5 Å². The zero-order valence-corrected chi connectivity index (χ0v) is 11.8. The number of carbonyl (C=O) groups is 1. The highest BCUT2D eigenvalue weighted by Gasteiger charge is 2.25. The Balaban J connectivity index is 1.76. The van der Waals surface area contributed by atoms with Crippen molar-refractivity contribution in [2.24, 2.45) is 0 Å².